The van der Waals surface area contributed by atoms with E-state index >= 15 is 0 Å². The van der Waals surface area contributed by atoms with Gasteiger partial charge < -0.3 is 35.4 Å². The first-order valence-corrected chi connectivity index (χ1v) is 8.32. The monoisotopic (exact) mass is 365 g/mol. The highest BCUT2D eigenvalue weighted by atomic mass is 31.2. The smallest absolute Gasteiger partial charge is 0.387 e. The lowest BCUT2D eigenvalue weighted by atomic mass is 10.1. The molecule has 5 unspecified atom stereocenters. The molecule has 3 rings (SSSR count). The fourth-order valence-electron chi connectivity index (χ4n) is 2.52. The minimum Gasteiger partial charge on any atom is -0.387 e. The van der Waals surface area contributed by atoms with Crippen molar-refractivity contribution >= 4 is 19.5 Å². The summed E-state index contributed by atoms with van der Waals surface area (Å²) in [5.41, 5.74) is 5.63. The number of hydrogen-bond acceptors (Lipinski definition) is 9. The number of phosphoric acid groups is 1. The lowest BCUT2D eigenvalue weighted by Gasteiger charge is -2.25. The van der Waals surface area contributed by atoms with Crippen molar-refractivity contribution in [1.29, 1.82) is 0 Å². The van der Waals surface area contributed by atoms with Gasteiger partial charge in [-0.3, -0.25) is 19.6 Å². The quantitative estimate of drug-likeness (QED) is 0.268. The second-order valence-electron chi connectivity index (χ2n) is 5.28. The number of anilines is 1. The van der Waals surface area contributed by atoms with Crippen molar-refractivity contribution in [1.82, 2.24) is 14.9 Å². The van der Waals surface area contributed by atoms with E-state index in [1.165, 1.54) is 10.9 Å². The molecule has 2 aliphatic heterocycles. The summed E-state index contributed by atoms with van der Waals surface area (Å²) < 4.78 is 21.7. The van der Waals surface area contributed by atoms with Crippen LogP contribution in [0.15, 0.2) is 6.33 Å². The highest BCUT2D eigenvalue weighted by molar-refractivity contribution is 7.46. The number of nitrogens with one attached hydrogen (secondary N) is 2. The van der Waals surface area contributed by atoms with Crippen molar-refractivity contribution in [2.24, 2.45) is 5.73 Å². The van der Waals surface area contributed by atoms with Crippen LogP contribution in [0, 0.1) is 0 Å². The van der Waals surface area contributed by atoms with Crippen LogP contribution in [0.25, 0.3) is 0 Å². The van der Waals surface area contributed by atoms with Gasteiger partial charge in [-0.2, -0.15) is 0 Å². The third-order valence-corrected chi connectivity index (χ3v) is 4.09. The summed E-state index contributed by atoms with van der Waals surface area (Å²) in [6.45, 7) is -0.636. The van der Waals surface area contributed by atoms with E-state index in [9.17, 15) is 19.6 Å². The first kappa shape index (κ1) is 17.3. The Balaban J connectivity index is 1.81. The molecule has 5 atom stereocenters. The third-order valence-electron chi connectivity index (χ3n) is 3.61. The molecular formula is C10H16N5O8P. The number of imidazole rings is 1. The highest BCUT2D eigenvalue weighted by Crippen LogP contribution is 2.39. The van der Waals surface area contributed by atoms with Gasteiger partial charge in [0, 0.05) is 0 Å². The number of hydrogen-bond donors (Lipinski definition) is 7. The van der Waals surface area contributed by atoms with Crippen LogP contribution in [-0.4, -0.2) is 66.7 Å². The third kappa shape index (κ3) is 3.16. The first-order valence-electron chi connectivity index (χ1n) is 6.79. The minimum absolute atomic E-state index is 0.0249. The van der Waals surface area contributed by atoms with Gasteiger partial charge in [0.25, 0.3) is 5.91 Å². The molecular weight excluding hydrogens is 349 g/mol. The first-order chi connectivity index (χ1) is 11.2. The molecule has 0 spiro atoms. The Morgan fingerprint density at radius 2 is 2.08 bits per heavy atom. The van der Waals surface area contributed by atoms with E-state index in [2.05, 4.69) is 20.1 Å². The lowest BCUT2D eigenvalue weighted by Crippen LogP contribution is -2.51. The summed E-state index contributed by atoms with van der Waals surface area (Å²) in [4.78, 5) is 33.1. The molecule has 0 aromatic carbocycles. The zero-order valence-corrected chi connectivity index (χ0v) is 12.9. The number of phosphoric ester groups is 1. The van der Waals surface area contributed by atoms with Crippen molar-refractivity contribution < 1.29 is 38.6 Å². The Kier molecular flexibility index (Phi) is 4.36. The Hall–Kier alpha value is -1.57. The zero-order chi connectivity index (χ0) is 17.6. The summed E-state index contributed by atoms with van der Waals surface area (Å²) in [5, 5.41) is 25.2. The van der Waals surface area contributed by atoms with Crippen molar-refractivity contribution in [3.8, 4) is 0 Å². The minimum atomic E-state index is -4.75. The molecule has 14 heteroatoms. The van der Waals surface area contributed by atoms with Crippen molar-refractivity contribution in [2.45, 2.75) is 30.8 Å². The van der Waals surface area contributed by atoms with Crippen LogP contribution in [0.3, 0.4) is 0 Å². The molecule has 1 fully saturated rings. The average Bonchev–Trinajstić information content (AvgIpc) is 3.00. The number of aromatic nitrogens is 2. The van der Waals surface area contributed by atoms with Crippen molar-refractivity contribution in [3.63, 3.8) is 0 Å². The van der Waals surface area contributed by atoms with Gasteiger partial charge in [0.15, 0.2) is 18.2 Å². The molecule has 134 valence electrons. The number of amides is 1. The number of nitrogens with zero attached hydrogens (tertiary/aromatic N) is 2. The molecule has 1 amide bonds. The number of fused-ring (bicyclic) bond motifs is 1. The molecule has 2 aliphatic rings. The van der Waals surface area contributed by atoms with Crippen LogP contribution in [0.4, 0.5) is 5.82 Å². The van der Waals surface area contributed by atoms with Gasteiger partial charge in [0.2, 0.25) is 0 Å². The topological polar surface area (TPSA) is 201 Å². The van der Waals surface area contributed by atoms with Gasteiger partial charge in [-0.25, -0.2) is 9.55 Å². The molecule has 1 aromatic heterocycles. The lowest BCUT2D eigenvalue weighted by molar-refractivity contribution is -0.0512. The van der Waals surface area contributed by atoms with E-state index in [4.69, 9.17) is 20.3 Å². The second-order valence-corrected chi connectivity index (χ2v) is 6.52. The molecule has 1 saturated heterocycles. The number of carbonyl (C=O) groups excluding carboxylic acids is 1. The van der Waals surface area contributed by atoms with Gasteiger partial charge in [-0.1, -0.05) is 0 Å². The number of aliphatic hydroxyl groups is 2. The predicted molar refractivity (Wildman–Crippen MR) is 75.2 cm³/mol. The van der Waals surface area contributed by atoms with Crippen LogP contribution in [0.1, 0.15) is 16.7 Å². The number of aliphatic hydroxyl groups excluding tert-OH is 2. The van der Waals surface area contributed by atoms with Gasteiger partial charge in [-0.15, -0.1) is 0 Å². The normalized spacial score (nSPS) is 33.0. The molecule has 13 nitrogen and oxygen atoms in total. The maximum atomic E-state index is 11.8. The average molecular weight is 365 g/mol. The summed E-state index contributed by atoms with van der Waals surface area (Å²) in [5.74, 6) is -0.344. The predicted octanol–water partition coefficient (Wildman–Crippen LogP) is -2.99. The molecule has 24 heavy (non-hydrogen) atoms. The zero-order valence-electron chi connectivity index (χ0n) is 12.0. The number of nitrogens with two attached hydrogens (primary N) is 1. The Morgan fingerprint density at radius 3 is 2.75 bits per heavy atom. The SMILES string of the molecule is NC1NC(=O)c2ncn(C3OC(COP(=O)(O)O)C(O)C3O)c2N1. The van der Waals surface area contributed by atoms with Crippen LogP contribution < -0.4 is 16.4 Å². The molecule has 0 radical (unpaired) electrons. The second kappa shape index (κ2) is 6.06. The molecule has 0 bridgehead atoms. The van der Waals surface area contributed by atoms with E-state index in [1.807, 2.05) is 0 Å². The van der Waals surface area contributed by atoms with Crippen LogP contribution in [0.5, 0.6) is 0 Å². The highest BCUT2D eigenvalue weighted by Gasteiger charge is 2.46. The number of rotatable bonds is 4. The van der Waals surface area contributed by atoms with Crippen LogP contribution in [0.2, 0.25) is 0 Å². The van der Waals surface area contributed by atoms with Crippen LogP contribution >= 0.6 is 7.82 Å². The van der Waals surface area contributed by atoms with E-state index in [1.54, 1.807) is 0 Å². The standard InChI is InChI=1S/C10H16N5O8P/c11-10-13-7-4(8(18)14-10)12-2-15(7)9-6(17)5(16)3(23-9)1-22-24(19,20)21/h2-3,5-6,9-10,13,16-17H,1,11H2,(H,14,18)(H2,19,20,21). The maximum Gasteiger partial charge on any atom is 0.469 e. The fourth-order valence-corrected chi connectivity index (χ4v) is 2.86. The molecule has 1 aromatic rings. The maximum absolute atomic E-state index is 11.8. The van der Waals surface area contributed by atoms with Gasteiger partial charge in [0.1, 0.15) is 24.1 Å². The largest absolute Gasteiger partial charge is 0.469 e. The molecule has 0 aliphatic carbocycles. The van der Waals surface area contributed by atoms with E-state index < -0.39 is 51.2 Å². The fraction of sp³-hybridized carbons (Fsp3) is 0.600. The summed E-state index contributed by atoms with van der Waals surface area (Å²) in [7, 11) is -4.75. The molecule has 3 heterocycles. The summed E-state index contributed by atoms with van der Waals surface area (Å²) in [6.07, 6.45) is -4.93. The van der Waals surface area contributed by atoms with Gasteiger partial charge in [-0.05, 0) is 0 Å². The van der Waals surface area contributed by atoms with Crippen LogP contribution in [-0.2, 0) is 13.8 Å². The summed E-state index contributed by atoms with van der Waals surface area (Å²) >= 11 is 0. The molecule has 8 N–H and O–H groups in total. The van der Waals surface area contributed by atoms with Crippen molar-refractivity contribution in [3.05, 3.63) is 12.0 Å². The summed E-state index contributed by atoms with van der Waals surface area (Å²) in [6, 6.07) is 0. The Labute approximate surface area is 134 Å². The number of carbonyl (C=O) groups is 1. The molecule has 0 saturated carbocycles. The Morgan fingerprint density at radius 1 is 1.38 bits per heavy atom. The van der Waals surface area contributed by atoms with E-state index in [-0.39, 0.29) is 11.5 Å². The van der Waals surface area contributed by atoms with Gasteiger partial charge in [0.05, 0.1) is 12.9 Å². The van der Waals surface area contributed by atoms with Crippen molar-refractivity contribution in [2.75, 3.05) is 11.9 Å². The Bertz CT molecular complexity index is 691. The van der Waals surface area contributed by atoms with E-state index in [0.29, 0.717) is 0 Å². The number of ether oxygens (including phenoxy) is 1. The van der Waals surface area contributed by atoms with Gasteiger partial charge >= 0.3 is 7.82 Å². The van der Waals surface area contributed by atoms with E-state index in [0.717, 1.165) is 0 Å².